The highest BCUT2D eigenvalue weighted by atomic mass is 35.5. The lowest BCUT2D eigenvalue weighted by atomic mass is 9.94. The molecule has 7 rings (SSSR count). The SMILES string of the molecule is Cc1cn(CC[C@@H]2CCCCN2C(=O)C2CN(C3c4ccc(Cl)cc4CCc4cccnc43)CCN2C(=O)OC2CCCCC2)cn1. The number of benzene rings is 1. The number of pyridine rings is 1. The number of amides is 2. The standard InChI is InChI=1S/C37H47ClN6O3/c1-26-23-41(25-40-26)19-16-30-9-5-6-18-43(30)36(45)33-24-42(20-21-44(33)37(46)47-31-10-3-2-4-11-31)35-32-15-14-29(38)22-28(32)13-12-27-8-7-17-39-34(27)35/h7-8,14-15,17,22-23,25,30-31,33,35H,2-6,9-13,16,18-21,24H2,1H3/t30-,33?,35?/m0/s1. The van der Waals surface area contributed by atoms with Crippen LogP contribution in [0.3, 0.4) is 0 Å². The second-order valence-electron chi connectivity index (χ2n) is 13.9. The zero-order valence-corrected chi connectivity index (χ0v) is 28.3. The fourth-order valence-electron chi connectivity index (χ4n) is 8.29. The van der Waals surface area contributed by atoms with Crippen molar-refractivity contribution < 1.29 is 14.3 Å². The van der Waals surface area contributed by atoms with Crippen molar-refractivity contribution in [3.05, 3.63) is 82.2 Å². The molecule has 10 heteroatoms. The number of piperidine rings is 1. The molecule has 0 radical (unpaired) electrons. The van der Waals surface area contributed by atoms with E-state index in [4.69, 9.17) is 21.3 Å². The topological polar surface area (TPSA) is 83.8 Å². The minimum atomic E-state index is -0.637. The zero-order valence-electron chi connectivity index (χ0n) is 27.5. The molecule has 2 aliphatic heterocycles. The molecule has 3 atom stereocenters. The number of hydrogen-bond donors (Lipinski definition) is 0. The smallest absolute Gasteiger partial charge is 0.410 e. The van der Waals surface area contributed by atoms with E-state index >= 15 is 0 Å². The van der Waals surface area contributed by atoms with E-state index in [-0.39, 0.29) is 30.2 Å². The fourth-order valence-corrected chi connectivity index (χ4v) is 8.48. The van der Waals surface area contributed by atoms with Gasteiger partial charge in [-0.05, 0) is 106 Å². The van der Waals surface area contributed by atoms with Gasteiger partial charge in [-0.15, -0.1) is 0 Å². The van der Waals surface area contributed by atoms with Crippen LogP contribution in [0, 0.1) is 6.92 Å². The summed E-state index contributed by atoms with van der Waals surface area (Å²) in [4.78, 5) is 44.2. The number of aryl methyl sites for hydroxylation is 4. The third kappa shape index (κ3) is 7.07. The Bertz CT molecular complexity index is 1570. The normalized spacial score (nSPS) is 23.9. The number of carbonyl (C=O) groups is 2. The maximum atomic E-state index is 14.8. The van der Waals surface area contributed by atoms with Gasteiger partial charge in [0.15, 0.2) is 0 Å². The van der Waals surface area contributed by atoms with E-state index in [2.05, 4.69) is 43.7 Å². The summed E-state index contributed by atoms with van der Waals surface area (Å²) < 4.78 is 8.23. The predicted molar refractivity (Wildman–Crippen MR) is 181 cm³/mol. The lowest BCUT2D eigenvalue weighted by Gasteiger charge is -2.46. The van der Waals surface area contributed by atoms with Crippen molar-refractivity contribution in [3.63, 3.8) is 0 Å². The van der Waals surface area contributed by atoms with E-state index in [0.717, 1.165) is 87.2 Å². The molecule has 0 N–H and O–H groups in total. The van der Waals surface area contributed by atoms with Crippen LogP contribution in [0.2, 0.25) is 5.02 Å². The Balaban J connectivity index is 1.19. The number of hydrogen-bond acceptors (Lipinski definition) is 6. The first-order valence-corrected chi connectivity index (χ1v) is 18.0. The molecule has 3 fully saturated rings. The zero-order chi connectivity index (χ0) is 32.3. The van der Waals surface area contributed by atoms with Crippen molar-refractivity contribution in [1.82, 2.24) is 29.2 Å². The number of halogens is 1. The van der Waals surface area contributed by atoms with Crippen LogP contribution in [0.4, 0.5) is 4.79 Å². The quantitative estimate of drug-likeness (QED) is 0.307. The maximum absolute atomic E-state index is 14.8. The van der Waals surface area contributed by atoms with Gasteiger partial charge >= 0.3 is 6.09 Å². The third-order valence-corrected chi connectivity index (χ3v) is 11.0. The first-order valence-electron chi connectivity index (χ1n) is 17.7. The molecule has 0 spiro atoms. The van der Waals surface area contributed by atoms with E-state index in [1.807, 2.05) is 31.6 Å². The van der Waals surface area contributed by atoms with Gasteiger partial charge in [-0.1, -0.05) is 30.2 Å². The molecule has 4 heterocycles. The number of carbonyl (C=O) groups excluding carboxylic acids is 2. The molecule has 47 heavy (non-hydrogen) atoms. The molecular formula is C37H47ClN6O3. The second-order valence-corrected chi connectivity index (χ2v) is 14.3. The van der Waals surface area contributed by atoms with Crippen molar-refractivity contribution in [1.29, 1.82) is 0 Å². The van der Waals surface area contributed by atoms with E-state index < -0.39 is 6.04 Å². The van der Waals surface area contributed by atoms with Crippen LogP contribution >= 0.6 is 11.6 Å². The van der Waals surface area contributed by atoms with Crippen molar-refractivity contribution in [2.24, 2.45) is 0 Å². The Kier molecular flexibility index (Phi) is 9.82. The minimum Gasteiger partial charge on any atom is -0.446 e. The molecule has 3 aromatic rings. The monoisotopic (exact) mass is 658 g/mol. The number of likely N-dealkylation sites (tertiary alicyclic amines) is 1. The van der Waals surface area contributed by atoms with Crippen LogP contribution < -0.4 is 0 Å². The van der Waals surface area contributed by atoms with Crippen LogP contribution in [0.5, 0.6) is 0 Å². The molecule has 2 aromatic heterocycles. The Morgan fingerprint density at radius 1 is 0.936 bits per heavy atom. The van der Waals surface area contributed by atoms with Gasteiger partial charge in [0, 0.05) is 56.2 Å². The number of piperazine rings is 1. The first-order chi connectivity index (χ1) is 22.9. The highest BCUT2D eigenvalue weighted by Gasteiger charge is 2.44. The molecular weight excluding hydrogens is 612 g/mol. The summed E-state index contributed by atoms with van der Waals surface area (Å²) in [5, 5.41) is 0.728. The molecule has 9 nitrogen and oxygen atoms in total. The highest BCUT2D eigenvalue weighted by molar-refractivity contribution is 6.30. The van der Waals surface area contributed by atoms with Crippen LogP contribution in [0.1, 0.15) is 91.9 Å². The molecule has 4 aliphatic rings. The van der Waals surface area contributed by atoms with E-state index in [1.165, 1.54) is 23.1 Å². The van der Waals surface area contributed by atoms with Gasteiger partial charge < -0.3 is 14.2 Å². The molecule has 2 amide bonds. The number of fused-ring (bicyclic) bond motifs is 2. The highest BCUT2D eigenvalue weighted by Crippen LogP contribution is 2.38. The Hall–Kier alpha value is -3.43. The summed E-state index contributed by atoms with van der Waals surface area (Å²) in [6.07, 6.45) is 16.2. The molecule has 2 aliphatic carbocycles. The van der Waals surface area contributed by atoms with Gasteiger partial charge in [-0.3, -0.25) is 19.6 Å². The van der Waals surface area contributed by atoms with E-state index in [1.54, 1.807) is 4.90 Å². The second kappa shape index (κ2) is 14.4. The van der Waals surface area contributed by atoms with E-state index in [0.29, 0.717) is 26.2 Å². The molecule has 2 saturated heterocycles. The summed E-state index contributed by atoms with van der Waals surface area (Å²) in [5.41, 5.74) is 5.65. The van der Waals surface area contributed by atoms with Crippen molar-refractivity contribution in [2.45, 2.75) is 108 Å². The summed E-state index contributed by atoms with van der Waals surface area (Å²) in [5.74, 6) is 0.0352. The van der Waals surface area contributed by atoms with Crippen molar-refractivity contribution >= 4 is 23.6 Å². The Labute approximate surface area is 283 Å². The van der Waals surface area contributed by atoms with Gasteiger partial charge in [0.2, 0.25) is 5.91 Å². The summed E-state index contributed by atoms with van der Waals surface area (Å²) in [6.45, 7) is 4.99. The average molecular weight is 659 g/mol. The lowest BCUT2D eigenvalue weighted by Crippen LogP contribution is -2.63. The van der Waals surface area contributed by atoms with Crippen LogP contribution in [0.15, 0.2) is 49.1 Å². The van der Waals surface area contributed by atoms with Crippen LogP contribution in [0.25, 0.3) is 0 Å². The van der Waals surface area contributed by atoms with Gasteiger partial charge in [-0.2, -0.15) is 0 Å². The van der Waals surface area contributed by atoms with Crippen molar-refractivity contribution in [2.75, 3.05) is 26.2 Å². The summed E-state index contributed by atoms with van der Waals surface area (Å²) >= 11 is 6.50. The lowest BCUT2D eigenvalue weighted by molar-refractivity contribution is -0.143. The van der Waals surface area contributed by atoms with Crippen LogP contribution in [-0.2, 0) is 28.9 Å². The van der Waals surface area contributed by atoms with Gasteiger partial charge in [-0.25, -0.2) is 9.78 Å². The van der Waals surface area contributed by atoms with E-state index in [9.17, 15) is 9.59 Å². The molecule has 1 saturated carbocycles. The number of aromatic nitrogens is 3. The first kappa shape index (κ1) is 32.1. The Morgan fingerprint density at radius 3 is 2.60 bits per heavy atom. The maximum Gasteiger partial charge on any atom is 0.410 e. The average Bonchev–Trinajstić information content (AvgIpc) is 3.45. The third-order valence-electron chi connectivity index (χ3n) is 10.8. The minimum absolute atomic E-state index is 0.0352. The fraction of sp³-hybridized carbons (Fsp3) is 0.568. The molecule has 0 bridgehead atoms. The number of rotatable bonds is 6. The summed E-state index contributed by atoms with van der Waals surface area (Å²) in [7, 11) is 0. The van der Waals surface area contributed by atoms with Gasteiger partial charge in [0.05, 0.1) is 23.8 Å². The molecule has 2 unspecified atom stereocenters. The number of ether oxygens (including phenoxy) is 1. The van der Waals surface area contributed by atoms with Crippen molar-refractivity contribution in [3.8, 4) is 0 Å². The van der Waals surface area contributed by atoms with Crippen LogP contribution in [-0.4, -0.2) is 85.6 Å². The number of imidazole rings is 1. The van der Waals surface area contributed by atoms with Gasteiger partial charge in [0.25, 0.3) is 0 Å². The molecule has 1 aromatic carbocycles. The largest absolute Gasteiger partial charge is 0.446 e. The summed E-state index contributed by atoms with van der Waals surface area (Å²) in [6, 6.07) is 9.70. The molecule has 250 valence electrons. The number of nitrogens with zero attached hydrogens (tertiary/aromatic N) is 6. The Morgan fingerprint density at radius 2 is 1.77 bits per heavy atom. The van der Waals surface area contributed by atoms with Gasteiger partial charge in [0.1, 0.15) is 12.1 Å². The predicted octanol–water partition coefficient (Wildman–Crippen LogP) is 6.35.